The molecular weight excluding hydrogens is 1130 g/mol. The van der Waals surface area contributed by atoms with Crippen molar-refractivity contribution in [2.75, 3.05) is 47.5 Å². The summed E-state index contributed by atoms with van der Waals surface area (Å²) in [5.74, 6) is -0.794. The number of carbonyl (C=O) groups excluding carboxylic acids is 2. The van der Waals surface area contributed by atoms with Crippen molar-refractivity contribution in [1.29, 1.82) is 0 Å². The van der Waals surface area contributed by atoms with Gasteiger partial charge in [-0.05, 0) is 109 Å². The van der Waals surface area contributed by atoms with Gasteiger partial charge in [-0.2, -0.15) is 0 Å². The number of allylic oxidation sites excluding steroid dienone is 20. The highest BCUT2D eigenvalue weighted by atomic mass is 31.2. The van der Waals surface area contributed by atoms with Crippen LogP contribution in [0.5, 0.6) is 0 Å². The standard InChI is InChI=1S/C80H140NO8P/c1-6-8-10-12-14-16-18-20-22-24-26-28-30-32-33-34-35-36-37-38-39-40-41-42-43-44-45-46-47-49-51-53-55-57-59-61-63-65-67-69-71-73-80(83)89-78(77-88-90(84,85)87-75-74-81(3,4)5)76-86-79(82)72-70-68-66-64-62-60-58-56-54-52-50-48-31-29-27-25-23-21-19-17-15-13-11-9-7-2/h8,10,14,16,19-22,25-28,31-33,35-36,38-39,48,78H,6-7,9,11-13,15,17-18,23-24,29-30,34,37,40-47,49-77H2,1-5H3/p+1/b10-8-,16-14-,21-19-,22-20-,27-25-,28-26-,33-32-,36-35-,39-38-,48-31-. The first-order valence-electron chi connectivity index (χ1n) is 37.3. The molecule has 0 aromatic heterocycles. The number of esters is 2. The van der Waals surface area contributed by atoms with Gasteiger partial charge >= 0.3 is 19.8 Å². The molecule has 518 valence electrons. The molecular formula is C80H141NO8P+. The summed E-state index contributed by atoms with van der Waals surface area (Å²) in [4.78, 5) is 35.9. The number of hydrogen-bond acceptors (Lipinski definition) is 7. The molecule has 2 atom stereocenters. The van der Waals surface area contributed by atoms with Crippen LogP contribution < -0.4 is 0 Å². The van der Waals surface area contributed by atoms with E-state index < -0.39 is 26.5 Å². The first-order chi connectivity index (χ1) is 44.0. The number of nitrogens with zero attached hydrogens (tertiary/aromatic N) is 1. The van der Waals surface area contributed by atoms with Gasteiger partial charge in [0, 0.05) is 12.8 Å². The van der Waals surface area contributed by atoms with Crippen LogP contribution >= 0.6 is 7.82 Å². The van der Waals surface area contributed by atoms with Crippen LogP contribution in [-0.2, 0) is 32.7 Å². The summed E-state index contributed by atoms with van der Waals surface area (Å²) in [6.07, 6.45) is 100. The van der Waals surface area contributed by atoms with Crippen molar-refractivity contribution in [2.45, 2.75) is 328 Å². The van der Waals surface area contributed by atoms with Crippen LogP contribution in [0.3, 0.4) is 0 Å². The van der Waals surface area contributed by atoms with Gasteiger partial charge in [0.05, 0.1) is 27.7 Å². The Hall–Kier alpha value is -3.59. The average molecular weight is 1280 g/mol. The molecule has 1 N–H and O–H groups in total. The molecule has 10 heteroatoms. The van der Waals surface area contributed by atoms with Crippen molar-refractivity contribution in [2.24, 2.45) is 0 Å². The van der Waals surface area contributed by atoms with Gasteiger partial charge in [-0.3, -0.25) is 18.6 Å². The van der Waals surface area contributed by atoms with E-state index in [1.54, 1.807) is 0 Å². The average Bonchev–Trinajstić information content (AvgIpc) is 3.62. The fourth-order valence-corrected chi connectivity index (χ4v) is 11.0. The predicted molar refractivity (Wildman–Crippen MR) is 390 cm³/mol. The van der Waals surface area contributed by atoms with Gasteiger partial charge in [-0.25, -0.2) is 4.57 Å². The summed E-state index contributed by atoms with van der Waals surface area (Å²) >= 11 is 0. The molecule has 0 saturated carbocycles. The second-order valence-corrected chi connectivity index (χ2v) is 27.4. The summed E-state index contributed by atoms with van der Waals surface area (Å²) in [6.45, 7) is 4.33. The normalized spacial score (nSPS) is 13.8. The maximum Gasteiger partial charge on any atom is 0.472 e. The number of phosphoric acid groups is 1. The van der Waals surface area contributed by atoms with Gasteiger partial charge in [-0.15, -0.1) is 0 Å². The Balaban J connectivity index is 3.99. The molecule has 0 aliphatic rings. The van der Waals surface area contributed by atoms with Crippen molar-refractivity contribution < 1.29 is 42.1 Å². The zero-order valence-electron chi connectivity index (χ0n) is 59.1. The number of carbonyl (C=O) groups is 2. The highest BCUT2D eigenvalue weighted by Gasteiger charge is 2.27. The monoisotopic (exact) mass is 1280 g/mol. The van der Waals surface area contributed by atoms with E-state index in [2.05, 4.69) is 135 Å². The van der Waals surface area contributed by atoms with E-state index in [0.29, 0.717) is 17.4 Å². The van der Waals surface area contributed by atoms with Crippen LogP contribution in [0.4, 0.5) is 0 Å². The number of quaternary nitrogens is 1. The minimum Gasteiger partial charge on any atom is -0.462 e. The summed E-state index contributed by atoms with van der Waals surface area (Å²) in [7, 11) is 1.48. The molecule has 0 saturated heterocycles. The van der Waals surface area contributed by atoms with Crippen molar-refractivity contribution >= 4 is 19.8 Å². The first-order valence-corrected chi connectivity index (χ1v) is 38.8. The van der Waals surface area contributed by atoms with Gasteiger partial charge in [-0.1, -0.05) is 322 Å². The molecule has 0 spiro atoms. The smallest absolute Gasteiger partial charge is 0.462 e. The van der Waals surface area contributed by atoms with E-state index in [9.17, 15) is 19.0 Å². The number of rotatable bonds is 68. The van der Waals surface area contributed by atoms with Gasteiger partial charge in [0.15, 0.2) is 6.10 Å². The minimum atomic E-state index is -4.40. The quantitative estimate of drug-likeness (QED) is 0.0211. The lowest BCUT2D eigenvalue weighted by Gasteiger charge is -2.24. The van der Waals surface area contributed by atoms with Crippen molar-refractivity contribution in [3.63, 3.8) is 0 Å². The zero-order chi connectivity index (χ0) is 65.5. The largest absolute Gasteiger partial charge is 0.472 e. The molecule has 0 aromatic rings. The van der Waals surface area contributed by atoms with Crippen molar-refractivity contribution in [1.82, 2.24) is 0 Å². The van der Waals surface area contributed by atoms with E-state index in [-0.39, 0.29) is 32.0 Å². The lowest BCUT2D eigenvalue weighted by molar-refractivity contribution is -0.870. The molecule has 0 bridgehead atoms. The Kier molecular flexibility index (Phi) is 67.0. The van der Waals surface area contributed by atoms with Crippen molar-refractivity contribution in [3.8, 4) is 0 Å². The van der Waals surface area contributed by atoms with Crippen LogP contribution in [0.25, 0.3) is 0 Å². The van der Waals surface area contributed by atoms with E-state index in [0.717, 1.165) is 89.9 Å². The van der Waals surface area contributed by atoms with E-state index in [4.69, 9.17) is 18.5 Å². The first kappa shape index (κ1) is 86.4. The number of unbranched alkanes of at least 4 members (excludes halogenated alkanes) is 34. The predicted octanol–water partition coefficient (Wildman–Crippen LogP) is 24.6. The van der Waals surface area contributed by atoms with E-state index >= 15 is 0 Å². The van der Waals surface area contributed by atoms with Gasteiger partial charge in [0.25, 0.3) is 0 Å². The molecule has 0 aliphatic heterocycles. The Morgan fingerprint density at radius 3 is 0.944 bits per heavy atom. The van der Waals surface area contributed by atoms with Gasteiger partial charge in [0.1, 0.15) is 19.8 Å². The maximum absolute atomic E-state index is 12.9. The van der Waals surface area contributed by atoms with E-state index in [1.165, 1.54) is 199 Å². The number of hydrogen-bond donors (Lipinski definition) is 1. The second kappa shape index (κ2) is 69.7. The van der Waals surface area contributed by atoms with Crippen LogP contribution in [0.1, 0.15) is 322 Å². The van der Waals surface area contributed by atoms with Crippen LogP contribution in [0.2, 0.25) is 0 Å². The second-order valence-electron chi connectivity index (χ2n) is 25.9. The highest BCUT2D eigenvalue weighted by Crippen LogP contribution is 2.43. The highest BCUT2D eigenvalue weighted by molar-refractivity contribution is 7.47. The summed E-state index contributed by atoms with van der Waals surface area (Å²) < 4.78 is 34.8. The molecule has 9 nitrogen and oxygen atoms in total. The van der Waals surface area contributed by atoms with Crippen molar-refractivity contribution in [3.05, 3.63) is 122 Å². The fourth-order valence-electron chi connectivity index (χ4n) is 10.3. The molecule has 0 rings (SSSR count). The SMILES string of the molecule is CC/C=C\C/C=C\C/C=C\C/C=C\C/C=C\C/C=C\C/C=C\CCCCCCCCCCCCCCCCCCCCCC(=O)OC(COC(=O)CCCCCCCCCCCC/C=C\C/C=C\C/C=C\CCCCCCC)COP(=O)(O)OCC[N+](C)(C)C. The topological polar surface area (TPSA) is 108 Å². The minimum absolute atomic E-state index is 0.0283. The fraction of sp³-hybridized carbons (Fsp3) is 0.725. The Labute approximate surface area is 556 Å². The number of likely N-dealkylation sites (N-methyl/N-ethyl adjacent to an activating group) is 1. The summed E-state index contributed by atoms with van der Waals surface area (Å²) in [6, 6.07) is 0. The Morgan fingerprint density at radius 2 is 0.633 bits per heavy atom. The Bertz CT molecular complexity index is 1940. The molecule has 0 aromatic carbocycles. The molecule has 90 heavy (non-hydrogen) atoms. The zero-order valence-corrected chi connectivity index (χ0v) is 60.0. The molecule has 0 fully saturated rings. The van der Waals surface area contributed by atoms with Crippen LogP contribution in [-0.4, -0.2) is 74.9 Å². The molecule has 0 amide bonds. The third-order valence-electron chi connectivity index (χ3n) is 16.0. The third kappa shape index (κ3) is 73.5. The molecule has 0 aliphatic carbocycles. The van der Waals surface area contributed by atoms with Gasteiger partial charge < -0.3 is 18.9 Å². The van der Waals surface area contributed by atoms with E-state index in [1.807, 2.05) is 21.1 Å². The van der Waals surface area contributed by atoms with Crippen LogP contribution in [0, 0.1) is 0 Å². The Morgan fingerprint density at radius 1 is 0.356 bits per heavy atom. The molecule has 2 unspecified atom stereocenters. The lowest BCUT2D eigenvalue weighted by atomic mass is 10.0. The lowest BCUT2D eigenvalue weighted by Crippen LogP contribution is -2.37. The molecule has 0 radical (unpaired) electrons. The number of ether oxygens (including phenoxy) is 2. The number of phosphoric ester groups is 1. The maximum atomic E-state index is 12.9. The van der Waals surface area contributed by atoms with Gasteiger partial charge in [0.2, 0.25) is 0 Å². The third-order valence-corrected chi connectivity index (χ3v) is 17.0. The van der Waals surface area contributed by atoms with Crippen LogP contribution in [0.15, 0.2) is 122 Å². The molecule has 0 heterocycles. The summed E-state index contributed by atoms with van der Waals surface area (Å²) in [5.41, 5.74) is 0. The summed E-state index contributed by atoms with van der Waals surface area (Å²) in [5, 5.41) is 0.